The van der Waals surface area contributed by atoms with Crippen LogP contribution >= 0.6 is 0 Å². The van der Waals surface area contributed by atoms with Gasteiger partial charge in [0.15, 0.2) is 0 Å². The van der Waals surface area contributed by atoms with E-state index in [0.717, 1.165) is 19.3 Å². The number of nitrogens with one attached hydrogen (secondary N) is 1. The van der Waals surface area contributed by atoms with Crippen LogP contribution in [0.4, 0.5) is 0 Å². The van der Waals surface area contributed by atoms with Gasteiger partial charge < -0.3 is 20.3 Å². The fraction of sp³-hybridized carbons (Fsp3) is 0.909. The average Bonchev–Trinajstić information content (AvgIpc) is 2.15. The Bertz CT molecular complexity index is 228. The average molecular weight is 231 g/mol. The molecule has 5 heteroatoms. The van der Waals surface area contributed by atoms with Crippen LogP contribution in [0.1, 0.15) is 32.6 Å². The van der Waals surface area contributed by atoms with Gasteiger partial charge in [-0.25, -0.2) is 0 Å². The molecule has 1 saturated carbocycles. The summed E-state index contributed by atoms with van der Waals surface area (Å²) in [5.74, 6) is -0.390. The maximum absolute atomic E-state index is 11.0. The molecule has 0 amide bonds. The summed E-state index contributed by atoms with van der Waals surface area (Å²) in [6, 6.07) is 0. The van der Waals surface area contributed by atoms with Gasteiger partial charge in [0.2, 0.25) is 0 Å². The molecule has 1 atom stereocenters. The first kappa shape index (κ1) is 13.4. The molecule has 94 valence electrons. The molecular weight excluding hydrogens is 210 g/mol. The predicted molar refractivity (Wildman–Crippen MR) is 58.9 cm³/mol. The van der Waals surface area contributed by atoms with Crippen LogP contribution in [0.3, 0.4) is 0 Å². The van der Waals surface area contributed by atoms with Crippen molar-refractivity contribution >= 4 is 5.97 Å². The molecule has 1 fully saturated rings. The highest BCUT2D eigenvalue weighted by Gasteiger charge is 2.33. The van der Waals surface area contributed by atoms with Gasteiger partial charge in [0.05, 0.1) is 24.7 Å². The minimum Gasteiger partial charge on any atom is -0.466 e. The van der Waals surface area contributed by atoms with Gasteiger partial charge in [-0.05, 0) is 26.2 Å². The van der Waals surface area contributed by atoms with Crippen LogP contribution in [0.25, 0.3) is 0 Å². The van der Waals surface area contributed by atoms with Gasteiger partial charge in [-0.3, -0.25) is 4.79 Å². The molecule has 0 spiro atoms. The van der Waals surface area contributed by atoms with Crippen molar-refractivity contribution in [2.24, 2.45) is 0 Å². The molecule has 0 saturated heterocycles. The molecule has 0 aromatic heterocycles. The molecule has 3 N–H and O–H groups in total. The summed E-state index contributed by atoms with van der Waals surface area (Å²) in [4.78, 5) is 11.0. The highest BCUT2D eigenvalue weighted by atomic mass is 16.5. The molecule has 0 radical (unpaired) electrons. The van der Waals surface area contributed by atoms with Crippen LogP contribution in [0, 0.1) is 0 Å². The Kier molecular flexibility index (Phi) is 5.18. The van der Waals surface area contributed by atoms with E-state index in [1.807, 2.05) is 0 Å². The van der Waals surface area contributed by atoms with Gasteiger partial charge in [0.25, 0.3) is 0 Å². The molecule has 1 rings (SSSR count). The fourth-order valence-electron chi connectivity index (χ4n) is 1.72. The molecule has 5 nitrogen and oxygen atoms in total. The second-order valence-electron chi connectivity index (χ2n) is 4.37. The molecule has 1 aliphatic carbocycles. The highest BCUT2D eigenvalue weighted by molar-refractivity contribution is 5.69. The van der Waals surface area contributed by atoms with E-state index >= 15 is 0 Å². The van der Waals surface area contributed by atoms with Crippen molar-refractivity contribution in [3.63, 3.8) is 0 Å². The Hall–Kier alpha value is -0.650. The zero-order valence-corrected chi connectivity index (χ0v) is 9.74. The van der Waals surface area contributed by atoms with E-state index < -0.39 is 11.7 Å². The summed E-state index contributed by atoms with van der Waals surface area (Å²) in [7, 11) is 0. The smallest absolute Gasteiger partial charge is 0.308 e. The van der Waals surface area contributed by atoms with Gasteiger partial charge in [0, 0.05) is 13.1 Å². The summed E-state index contributed by atoms with van der Waals surface area (Å²) < 4.78 is 4.72. The first-order valence-electron chi connectivity index (χ1n) is 5.82. The summed E-state index contributed by atoms with van der Waals surface area (Å²) in [5.41, 5.74) is -0.594. The zero-order valence-electron chi connectivity index (χ0n) is 9.74. The molecule has 0 bridgehead atoms. The normalized spacial score (nSPS) is 19.9. The van der Waals surface area contributed by atoms with E-state index in [-0.39, 0.29) is 12.4 Å². The van der Waals surface area contributed by atoms with E-state index in [4.69, 9.17) is 4.74 Å². The third-order valence-corrected chi connectivity index (χ3v) is 2.83. The molecule has 0 aromatic carbocycles. The Morgan fingerprint density at radius 3 is 2.75 bits per heavy atom. The summed E-state index contributed by atoms with van der Waals surface area (Å²) in [6.07, 6.45) is 1.94. The molecular formula is C11H21NO4. The lowest BCUT2D eigenvalue weighted by atomic mass is 9.80. The van der Waals surface area contributed by atoms with Gasteiger partial charge >= 0.3 is 5.97 Å². The van der Waals surface area contributed by atoms with Crippen molar-refractivity contribution < 1.29 is 19.7 Å². The van der Waals surface area contributed by atoms with Crippen LogP contribution in [0.15, 0.2) is 0 Å². The van der Waals surface area contributed by atoms with Crippen LogP contribution < -0.4 is 5.32 Å². The fourth-order valence-corrected chi connectivity index (χ4v) is 1.72. The Balaban J connectivity index is 2.05. The number of carbonyl (C=O) groups excluding carboxylic acids is 1. The Morgan fingerprint density at radius 2 is 2.25 bits per heavy atom. The second-order valence-corrected chi connectivity index (χ2v) is 4.37. The Labute approximate surface area is 95.8 Å². The van der Waals surface area contributed by atoms with E-state index in [2.05, 4.69) is 5.32 Å². The van der Waals surface area contributed by atoms with E-state index in [9.17, 15) is 15.0 Å². The van der Waals surface area contributed by atoms with Gasteiger partial charge in [-0.15, -0.1) is 0 Å². The Morgan fingerprint density at radius 1 is 1.56 bits per heavy atom. The third kappa shape index (κ3) is 4.47. The van der Waals surface area contributed by atoms with E-state index in [1.165, 1.54) is 0 Å². The lowest BCUT2D eigenvalue weighted by Gasteiger charge is -2.36. The number of esters is 1. The number of hydrogen-bond donors (Lipinski definition) is 3. The summed E-state index contributed by atoms with van der Waals surface area (Å²) in [6.45, 7) is 2.85. The number of carbonyl (C=O) groups is 1. The number of aliphatic hydroxyl groups excluding tert-OH is 1. The molecule has 16 heavy (non-hydrogen) atoms. The molecule has 0 aliphatic heterocycles. The van der Waals surface area contributed by atoms with Crippen molar-refractivity contribution in [3.8, 4) is 0 Å². The first-order valence-corrected chi connectivity index (χ1v) is 5.82. The van der Waals surface area contributed by atoms with Crippen molar-refractivity contribution in [1.82, 2.24) is 5.32 Å². The monoisotopic (exact) mass is 231 g/mol. The molecule has 0 heterocycles. The number of ether oxygens (including phenoxy) is 1. The maximum Gasteiger partial charge on any atom is 0.308 e. The zero-order chi connectivity index (χ0) is 12.0. The van der Waals surface area contributed by atoms with Crippen molar-refractivity contribution in [1.29, 1.82) is 0 Å². The van der Waals surface area contributed by atoms with Gasteiger partial charge in [-0.1, -0.05) is 0 Å². The molecule has 1 unspecified atom stereocenters. The van der Waals surface area contributed by atoms with E-state index in [1.54, 1.807) is 6.92 Å². The third-order valence-electron chi connectivity index (χ3n) is 2.83. The standard InChI is InChI=1S/C11H21NO4/c1-2-16-10(14)6-9(13)7-12-8-11(15)4-3-5-11/h9,12-13,15H,2-8H2,1H3. The minimum atomic E-state index is -0.747. The van der Waals surface area contributed by atoms with E-state index in [0.29, 0.717) is 19.7 Å². The number of aliphatic hydroxyl groups is 2. The quantitative estimate of drug-likeness (QED) is 0.529. The first-order chi connectivity index (χ1) is 7.56. The van der Waals surface area contributed by atoms with Crippen LogP contribution in [0.5, 0.6) is 0 Å². The van der Waals surface area contributed by atoms with Crippen LogP contribution in [-0.4, -0.2) is 47.6 Å². The summed E-state index contributed by atoms with van der Waals surface area (Å²) in [5, 5.41) is 22.2. The second kappa shape index (κ2) is 6.18. The lowest BCUT2D eigenvalue weighted by molar-refractivity contribution is -0.145. The SMILES string of the molecule is CCOC(=O)CC(O)CNCC1(O)CCC1. The van der Waals surface area contributed by atoms with Gasteiger partial charge in [-0.2, -0.15) is 0 Å². The van der Waals surface area contributed by atoms with Crippen LogP contribution in [0.2, 0.25) is 0 Å². The number of rotatable bonds is 7. The molecule has 1 aliphatic rings. The van der Waals surface area contributed by atoms with Crippen molar-refractivity contribution in [3.05, 3.63) is 0 Å². The minimum absolute atomic E-state index is 0.000726. The van der Waals surface area contributed by atoms with Crippen LogP contribution in [-0.2, 0) is 9.53 Å². The highest BCUT2D eigenvalue weighted by Crippen LogP contribution is 2.30. The topological polar surface area (TPSA) is 78.8 Å². The van der Waals surface area contributed by atoms with Gasteiger partial charge in [0.1, 0.15) is 0 Å². The van der Waals surface area contributed by atoms with Crippen molar-refractivity contribution in [2.45, 2.75) is 44.3 Å². The lowest BCUT2D eigenvalue weighted by Crippen LogP contribution is -2.47. The molecule has 0 aromatic rings. The maximum atomic E-state index is 11.0. The van der Waals surface area contributed by atoms with Crippen molar-refractivity contribution in [2.75, 3.05) is 19.7 Å². The number of hydrogen-bond acceptors (Lipinski definition) is 5. The largest absolute Gasteiger partial charge is 0.466 e. The summed E-state index contributed by atoms with van der Waals surface area (Å²) >= 11 is 0. The predicted octanol–water partition coefficient (Wildman–Crippen LogP) is -0.195.